The van der Waals surface area contributed by atoms with Crippen molar-refractivity contribution >= 4 is 11.0 Å². The molecule has 0 saturated heterocycles. The molecule has 86 valence electrons. The lowest BCUT2D eigenvalue weighted by atomic mass is 10.1. The quantitative estimate of drug-likeness (QED) is 0.858. The molecule has 0 spiro atoms. The summed E-state index contributed by atoms with van der Waals surface area (Å²) in [6.07, 6.45) is 2.79. The number of hydrogen-bond donors (Lipinski definition) is 1. The van der Waals surface area contributed by atoms with Crippen LogP contribution in [0, 0.1) is 0 Å². The second-order valence-electron chi connectivity index (χ2n) is 3.82. The van der Waals surface area contributed by atoms with Crippen LogP contribution in [0.2, 0.25) is 0 Å². The van der Waals surface area contributed by atoms with Gasteiger partial charge in [0.2, 0.25) is 0 Å². The molecule has 0 aliphatic rings. The average Bonchev–Trinajstić information content (AvgIpc) is 2.72. The van der Waals surface area contributed by atoms with Gasteiger partial charge in [0.1, 0.15) is 0 Å². The molecule has 3 heteroatoms. The van der Waals surface area contributed by atoms with Gasteiger partial charge in [-0.2, -0.15) is 0 Å². The summed E-state index contributed by atoms with van der Waals surface area (Å²) in [5, 5.41) is 4.28. The van der Waals surface area contributed by atoms with Crippen LogP contribution in [0.4, 0.5) is 0 Å². The summed E-state index contributed by atoms with van der Waals surface area (Å²) in [7, 11) is 3.61. The van der Waals surface area contributed by atoms with Crippen molar-refractivity contribution in [2.45, 2.75) is 19.9 Å². The van der Waals surface area contributed by atoms with Crippen LogP contribution in [0.15, 0.2) is 22.8 Å². The van der Waals surface area contributed by atoms with E-state index in [2.05, 4.69) is 18.3 Å². The molecule has 16 heavy (non-hydrogen) atoms. The minimum absolute atomic E-state index is 0.809. The third kappa shape index (κ3) is 1.78. The zero-order valence-electron chi connectivity index (χ0n) is 9.96. The van der Waals surface area contributed by atoms with Crippen molar-refractivity contribution in [2.75, 3.05) is 14.2 Å². The van der Waals surface area contributed by atoms with E-state index in [0.717, 1.165) is 29.7 Å². The maximum Gasteiger partial charge on any atom is 0.176 e. The first-order chi connectivity index (χ1) is 7.80. The van der Waals surface area contributed by atoms with Gasteiger partial charge in [0.25, 0.3) is 0 Å². The molecule has 1 aromatic heterocycles. The molecule has 0 aliphatic carbocycles. The van der Waals surface area contributed by atoms with E-state index < -0.39 is 0 Å². The van der Waals surface area contributed by atoms with Crippen LogP contribution in [-0.2, 0) is 13.0 Å². The van der Waals surface area contributed by atoms with Crippen LogP contribution in [0.1, 0.15) is 18.1 Å². The maximum absolute atomic E-state index is 5.56. The van der Waals surface area contributed by atoms with E-state index >= 15 is 0 Å². The highest BCUT2D eigenvalue weighted by Crippen LogP contribution is 2.31. The molecule has 0 aliphatic heterocycles. The van der Waals surface area contributed by atoms with Crippen LogP contribution in [0.3, 0.4) is 0 Å². The zero-order valence-corrected chi connectivity index (χ0v) is 9.96. The summed E-state index contributed by atoms with van der Waals surface area (Å²) in [5.41, 5.74) is 3.28. The fourth-order valence-corrected chi connectivity index (χ4v) is 1.90. The third-order valence-corrected chi connectivity index (χ3v) is 2.78. The Kier molecular flexibility index (Phi) is 3.15. The fraction of sp³-hybridized carbons (Fsp3) is 0.385. The number of aryl methyl sites for hydroxylation is 1. The molecule has 0 fully saturated rings. The van der Waals surface area contributed by atoms with Crippen molar-refractivity contribution in [3.8, 4) is 5.75 Å². The number of furan rings is 1. The summed E-state index contributed by atoms with van der Waals surface area (Å²) >= 11 is 0. The van der Waals surface area contributed by atoms with Crippen molar-refractivity contribution in [1.82, 2.24) is 5.32 Å². The van der Waals surface area contributed by atoms with E-state index in [1.807, 2.05) is 13.1 Å². The first kappa shape index (κ1) is 11.0. The number of hydrogen-bond acceptors (Lipinski definition) is 3. The second kappa shape index (κ2) is 4.58. The Hall–Kier alpha value is -1.48. The molecule has 1 N–H and O–H groups in total. The molecule has 0 bridgehead atoms. The molecular weight excluding hydrogens is 202 g/mol. The molecule has 0 amide bonds. The van der Waals surface area contributed by atoms with Gasteiger partial charge < -0.3 is 14.5 Å². The summed E-state index contributed by atoms with van der Waals surface area (Å²) in [6.45, 7) is 2.95. The van der Waals surface area contributed by atoms with Gasteiger partial charge in [-0.1, -0.05) is 6.92 Å². The van der Waals surface area contributed by atoms with E-state index in [-0.39, 0.29) is 0 Å². The van der Waals surface area contributed by atoms with Crippen LogP contribution in [-0.4, -0.2) is 14.2 Å². The maximum atomic E-state index is 5.56. The Morgan fingerprint density at radius 2 is 2.19 bits per heavy atom. The molecule has 2 aromatic rings. The molecule has 2 rings (SSSR count). The predicted molar refractivity (Wildman–Crippen MR) is 64.9 cm³/mol. The number of fused-ring (bicyclic) bond motifs is 1. The first-order valence-corrected chi connectivity index (χ1v) is 5.51. The smallest absolute Gasteiger partial charge is 0.176 e. The van der Waals surface area contributed by atoms with Crippen LogP contribution in [0.25, 0.3) is 11.0 Å². The molecule has 0 saturated carbocycles. The van der Waals surface area contributed by atoms with Gasteiger partial charge in [-0.05, 0) is 31.2 Å². The van der Waals surface area contributed by atoms with Gasteiger partial charge in [0, 0.05) is 17.5 Å². The molecular formula is C13H17NO2. The number of ether oxygens (including phenoxy) is 1. The summed E-state index contributed by atoms with van der Waals surface area (Å²) < 4.78 is 10.9. The number of nitrogens with one attached hydrogen (secondary N) is 1. The van der Waals surface area contributed by atoms with Gasteiger partial charge in [-0.3, -0.25) is 0 Å². The van der Waals surface area contributed by atoms with Gasteiger partial charge >= 0.3 is 0 Å². The lowest BCUT2D eigenvalue weighted by Gasteiger charge is -2.04. The monoisotopic (exact) mass is 219 g/mol. The molecule has 0 atom stereocenters. The lowest BCUT2D eigenvalue weighted by molar-refractivity contribution is 0.409. The van der Waals surface area contributed by atoms with Crippen molar-refractivity contribution in [2.24, 2.45) is 0 Å². The van der Waals surface area contributed by atoms with Crippen molar-refractivity contribution in [1.29, 1.82) is 0 Å². The standard InChI is InChI=1S/C13H17NO2/c1-4-9-5-11-10(7-14-2)8-16-13(11)12(6-9)15-3/h5-6,8,14H,4,7H2,1-3H3. The van der Waals surface area contributed by atoms with Crippen LogP contribution < -0.4 is 10.1 Å². The highest BCUT2D eigenvalue weighted by atomic mass is 16.5. The van der Waals surface area contributed by atoms with Crippen molar-refractivity contribution in [3.05, 3.63) is 29.5 Å². The predicted octanol–water partition coefficient (Wildman–Crippen LogP) is 2.72. The molecule has 0 radical (unpaired) electrons. The van der Waals surface area contributed by atoms with Crippen molar-refractivity contribution in [3.63, 3.8) is 0 Å². The molecule has 0 unspecified atom stereocenters. The van der Waals surface area contributed by atoms with Gasteiger partial charge in [0.15, 0.2) is 11.3 Å². The summed E-state index contributed by atoms with van der Waals surface area (Å²) in [6, 6.07) is 4.21. The number of methoxy groups -OCH3 is 1. The summed E-state index contributed by atoms with van der Waals surface area (Å²) in [5.74, 6) is 0.816. The van der Waals surface area contributed by atoms with E-state index in [4.69, 9.17) is 9.15 Å². The van der Waals surface area contributed by atoms with Crippen LogP contribution >= 0.6 is 0 Å². The number of benzene rings is 1. The summed E-state index contributed by atoms with van der Waals surface area (Å²) in [4.78, 5) is 0. The minimum Gasteiger partial charge on any atom is -0.493 e. The Labute approximate surface area is 95.4 Å². The molecule has 1 aromatic carbocycles. The van der Waals surface area contributed by atoms with Gasteiger partial charge in [-0.15, -0.1) is 0 Å². The van der Waals surface area contributed by atoms with E-state index in [1.165, 1.54) is 11.1 Å². The molecule has 1 heterocycles. The Morgan fingerprint density at radius 3 is 2.81 bits per heavy atom. The lowest BCUT2D eigenvalue weighted by Crippen LogP contribution is -2.04. The minimum atomic E-state index is 0.809. The third-order valence-electron chi connectivity index (χ3n) is 2.78. The Bertz CT molecular complexity index is 488. The topological polar surface area (TPSA) is 34.4 Å². The fourth-order valence-electron chi connectivity index (χ4n) is 1.90. The zero-order chi connectivity index (χ0) is 11.5. The second-order valence-corrected chi connectivity index (χ2v) is 3.82. The Balaban J connectivity index is 2.62. The van der Waals surface area contributed by atoms with Crippen molar-refractivity contribution < 1.29 is 9.15 Å². The van der Waals surface area contributed by atoms with E-state index in [1.54, 1.807) is 13.4 Å². The first-order valence-electron chi connectivity index (χ1n) is 5.51. The normalized spacial score (nSPS) is 10.9. The largest absolute Gasteiger partial charge is 0.493 e. The van der Waals surface area contributed by atoms with E-state index in [9.17, 15) is 0 Å². The van der Waals surface area contributed by atoms with E-state index in [0.29, 0.717) is 0 Å². The van der Waals surface area contributed by atoms with Gasteiger partial charge in [-0.25, -0.2) is 0 Å². The molecule has 3 nitrogen and oxygen atoms in total. The van der Waals surface area contributed by atoms with Crippen LogP contribution in [0.5, 0.6) is 5.75 Å². The Morgan fingerprint density at radius 1 is 1.38 bits per heavy atom. The highest BCUT2D eigenvalue weighted by Gasteiger charge is 2.11. The average molecular weight is 219 g/mol. The number of rotatable bonds is 4. The van der Waals surface area contributed by atoms with Gasteiger partial charge in [0.05, 0.1) is 13.4 Å². The SMILES string of the molecule is CCc1cc(OC)c2occ(CNC)c2c1. The highest BCUT2D eigenvalue weighted by molar-refractivity contribution is 5.87.